The van der Waals surface area contributed by atoms with Crippen molar-refractivity contribution >= 4 is 45.8 Å². The average Bonchev–Trinajstić information content (AvgIpc) is 2.68. The van der Waals surface area contributed by atoms with Gasteiger partial charge in [0.05, 0.1) is 29.0 Å². The molecule has 1 aliphatic carbocycles. The van der Waals surface area contributed by atoms with E-state index in [2.05, 4.69) is 33.2 Å². The van der Waals surface area contributed by atoms with Crippen molar-refractivity contribution in [2.75, 3.05) is 5.32 Å². The maximum Gasteiger partial charge on any atom is 0.338 e. The Balaban J connectivity index is 2.04. The second-order valence-electron chi connectivity index (χ2n) is 7.30. The van der Waals surface area contributed by atoms with Crippen LogP contribution in [0.4, 0.5) is 20.2 Å². The Hall–Kier alpha value is -2.27. The number of nitrogens with one attached hydrogen (secondary N) is 2. The van der Waals surface area contributed by atoms with Crippen molar-refractivity contribution in [2.24, 2.45) is 0 Å². The van der Waals surface area contributed by atoms with Gasteiger partial charge in [-0.1, -0.05) is 12.8 Å². The highest BCUT2D eigenvalue weighted by molar-refractivity contribution is 14.1. The summed E-state index contributed by atoms with van der Waals surface area (Å²) in [6.07, 6.45) is 1.97. The number of aliphatic hydroxyl groups excluding tert-OH is 1. The number of anilines is 2. The lowest BCUT2D eigenvalue weighted by Crippen LogP contribution is -2.45. The number of halogens is 3. The van der Waals surface area contributed by atoms with Crippen molar-refractivity contribution < 1.29 is 28.6 Å². The molecule has 2 atom stereocenters. The van der Waals surface area contributed by atoms with Crippen LogP contribution in [-0.4, -0.2) is 34.2 Å². The van der Waals surface area contributed by atoms with E-state index in [1.165, 1.54) is 0 Å². The van der Waals surface area contributed by atoms with Gasteiger partial charge in [-0.15, -0.1) is 0 Å². The van der Waals surface area contributed by atoms with E-state index in [4.69, 9.17) is 0 Å². The van der Waals surface area contributed by atoms with E-state index in [-0.39, 0.29) is 5.56 Å². The first-order valence-corrected chi connectivity index (χ1v) is 10.5. The van der Waals surface area contributed by atoms with Crippen molar-refractivity contribution in [3.63, 3.8) is 0 Å². The van der Waals surface area contributed by atoms with E-state index in [1.807, 2.05) is 6.07 Å². The van der Waals surface area contributed by atoms with Crippen LogP contribution < -0.4 is 10.6 Å². The van der Waals surface area contributed by atoms with Gasteiger partial charge in [-0.25, -0.2) is 13.6 Å². The number of carbonyl (C=O) groups is 2. The molecule has 0 bridgehead atoms. The van der Waals surface area contributed by atoms with Crippen molar-refractivity contribution in [1.82, 2.24) is 5.32 Å². The summed E-state index contributed by atoms with van der Waals surface area (Å²) in [7, 11) is 0. The lowest BCUT2D eigenvalue weighted by atomic mass is 9.92. The molecule has 2 aromatic rings. The fourth-order valence-electron chi connectivity index (χ4n) is 3.51. The van der Waals surface area contributed by atoms with Crippen LogP contribution in [0, 0.1) is 22.1 Å². The summed E-state index contributed by atoms with van der Waals surface area (Å²) < 4.78 is 30.2. The lowest BCUT2D eigenvalue weighted by molar-refractivity contribution is 0.0690. The molecule has 4 N–H and O–H groups in total. The number of carboxylic acids is 1. The molecule has 0 heterocycles. The Labute approximate surface area is 185 Å². The van der Waals surface area contributed by atoms with Gasteiger partial charge < -0.3 is 20.8 Å². The predicted molar refractivity (Wildman–Crippen MR) is 116 cm³/mol. The number of amides is 1. The molecule has 0 radical (unpaired) electrons. The molecule has 0 spiro atoms. The third kappa shape index (κ3) is 4.72. The van der Waals surface area contributed by atoms with E-state index < -0.39 is 46.9 Å². The van der Waals surface area contributed by atoms with Gasteiger partial charge in [-0.05, 0) is 72.2 Å². The SMILES string of the molecule is Cc1cc(I)ccc1Nc1c(C(=O)N[C@@H]2CCCC[C@H]2O)cc(C(=O)O)c(F)c1F. The molecule has 0 aliphatic heterocycles. The van der Waals surface area contributed by atoms with Crippen LogP contribution in [0.15, 0.2) is 24.3 Å². The molecule has 3 rings (SSSR count). The van der Waals surface area contributed by atoms with Gasteiger partial charge >= 0.3 is 5.97 Å². The maximum atomic E-state index is 14.9. The van der Waals surface area contributed by atoms with Crippen molar-refractivity contribution in [1.29, 1.82) is 0 Å². The maximum absolute atomic E-state index is 14.9. The highest BCUT2D eigenvalue weighted by atomic mass is 127. The van der Waals surface area contributed by atoms with Crippen molar-refractivity contribution in [3.8, 4) is 0 Å². The molecule has 1 saturated carbocycles. The highest BCUT2D eigenvalue weighted by Crippen LogP contribution is 2.31. The Morgan fingerprint density at radius 2 is 1.80 bits per heavy atom. The second kappa shape index (κ2) is 9.25. The van der Waals surface area contributed by atoms with Gasteiger partial charge in [-0.2, -0.15) is 0 Å². The normalized spacial score (nSPS) is 18.7. The van der Waals surface area contributed by atoms with Crippen LogP contribution in [0.2, 0.25) is 0 Å². The Kier molecular flexibility index (Phi) is 6.91. The van der Waals surface area contributed by atoms with Crippen LogP contribution in [0.25, 0.3) is 0 Å². The molecule has 2 aromatic carbocycles. The van der Waals surface area contributed by atoms with Gasteiger partial charge in [0.2, 0.25) is 0 Å². The van der Waals surface area contributed by atoms with Crippen LogP contribution in [-0.2, 0) is 0 Å². The summed E-state index contributed by atoms with van der Waals surface area (Å²) in [5, 5.41) is 24.7. The molecule has 0 saturated heterocycles. The quantitative estimate of drug-likeness (QED) is 0.431. The number of hydrogen-bond acceptors (Lipinski definition) is 4. The lowest BCUT2D eigenvalue weighted by Gasteiger charge is -2.28. The minimum absolute atomic E-state index is 0.345. The fourth-order valence-corrected chi connectivity index (χ4v) is 4.16. The first-order valence-electron chi connectivity index (χ1n) is 9.46. The summed E-state index contributed by atoms with van der Waals surface area (Å²) in [5.74, 6) is -5.48. The molecule has 0 unspecified atom stereocenters. The Morgan fingerprint density at radius 1 is 1.10 bits per heavy atom. The zero-order valence-corrected chi connectivity index (χ0v) is 18.3. The molecule has 0 aromatic heterocycles. The molecule has 1 amide bonds. The fraction of sp³-hybridized carbons (Fsp3) is 0.333. The van der Waals surface area contributed by atoms with Gasteiger partial charge in [-0.3, -0.25) is 4.79 Å². The van der Waals surface area contributed by atoms with Gasteiger partial charge in [0, 0.05) is 9.26 Å². The predicted octanol–water partition coefficient (Wildman–Crippen LogP) is 4.35. The number of rotatable bonds is 5. The zero-order chi connectivity index (χ0) is 22.0. The minimum Gasteiger partial charge on any atom is -0.478 e. The number of aryl methyl sites for hydroxylation is 1. The number of aliphatic hydroxyl groups is 1. The Morgan fingerprint density at radius 3 is 2.43 bits per heavy atom. The van der Waals surface area contributed by atoms with Crippen molar-refractivity contribution in [2.45, 2.75) is 44.8 Å². The average molecular weight is 530 g/mol. The molecule has 160 valence electrons. The monoisotopic (exact) mass is 530 g/mol. The highest BCUT2D eigenvalue weighted by Gasteiger charge is 2.29. The summed E-state index contributed by atoms with van der Waals surface area (Å²) in [4.78, 5) is 24.3. The van der Waals surface area contributed by atoms with Crippen molar-refractivity contribution in [3.05, 3.63) is 56.2 Å². The minimum atomic E-state index is -1.69. The van der Waals surface area contributed by atoms with Crippen LogP contribution in [0.3, 0.4) is 0 Å². The summed E-state index contributed by atoms with van der Waals surface area (Å²) in [6.45, 7) is 1.77. The molecule has 1 aliphatic rings. The van der Waals surface area contributed by atoms with Gasteiger partial charge in [0.15, 0.2) is 11.6 Å². The first kappa shape index (κ1) is 22.4. The summed E-state index contributed by atoms with van der Waals surface area (Å²) in [6, 6.07) is 5.51. The molecule has 6 nitrogen and oxygen atoms in total. The van der Waals surface area contributed by atoms with E-state index >= 15 is 0 Å². The van der Waals surface area contributed by atoms with E-state index in [9.17, 15) is 28.6 Å². The van der Waals surface area contributed by atoms with Crippen LogP contribution >= 0.6 is 22.6 Å². The molecule has 30 heavy (non-hydrogen) atoms. The van der Waals surface area contributed by atoms with E-state index in [1.54, 1.807) is 19.1 Å². The number of hydrogen-bond donors (Lipinski definition) is 4. The molecular weight excluding hydrogens is 509 g/mol. The topological polar surface area (TPSA) is 98.7 Å². The third-order valence-electron chi connectivity index (χ3n) is 5.18. The van der Waals surface area contributed by atoms with Gasteiger partial charge in [0.25, 0.3) is 5.91 Å². The largest absolute Gasteiger partial charge is 0.478 e. The smallest absolute Gasteiger partial charge is 0.338 e. The zero-order valence-electron chi connectivity index (χ0n) is 16.1. The molecule has 1 fully saturated rings. The molecular formula is C21H21F2IN2O4. The summed E-state index contributed by atoms with van der Waals surface area (Å²) >= 11 is 2.11. The molecule has 9 heteroatoms. The second-order valence-corrected chi connectivity index (χ2v) is 8.54. The number of aromatic carboxylic acids is 1. The number of benzene rings is 2. The number of carbonyl (C=O) groups excluding carboxylic acids is 1. The summed E-state index contributed by atoms with van der Waals surface area (Å²) in [5.41, 5.74) is -0.556. The van der Waals surface area contributed by atoms with Crippen LogP contribution in [0.5, 0.6) is 0 Å². The first-order chi connectivity index (χ1) is 14.2. The van der Waals surface area contributed by atoms with E-state index in [0.29, 0.717) is 18.5 Å². The Bertz CT molecular complexity index is 999. The standard InChI is InChI=1S/C21H21F2IN2O4/c1-10-8-11(24)6-7-14(10)25-19-13(9-12(21(29)30)17(22)18(19)23)20(28)26-15-4-2-3-5-16(15)27/h6-9,15-16,25,27H,2-5H2,1H3,(H,26,28)(H,29,30)/t15-,16-/m1/s1. The van der Waals surface area contributed by atoms with Gasteiger partial charge in [0.1, 0.15) is 0 Å². The van der Waals surface area contributed by atoms with Crippen LogP contribution in [0.1, 0.15) is 52.0 Å². The number of carboxylic acid groups (broad SMARTS) is 1. The third-order valence-corrected chi connectivity index (χ3v) is 5.85. The van der Waals surface area contributed by atoms with E-state index in [0.717, 1.165) is 28.0 Å².